The molecule has 0 atom stereocenters. The molecule has 1 aromatic rings. The van der Waals surface area contributed by atoms with Gasteiger partial charge in [-0.15, -0.1) is 0 Å². The first-order chi connectivity index (χ1) is 8.74. The Kier molecular flexibility index (Phi) is 5.50. The first-order valence-electron chi connectivity index (χ1n) is 6.86. The van der Waals surface area contributed by atoms with Gasteiger partial charge in [-0.1, -0.05) is 31.8 Å². The van der Waals surface area contributed by atoms with Gasteiger partial charge in [0.1, 0.15) is 0 Å². The van der Waals surface area contributed by atoms with Gasteiger partial charge in [-0.2, -0.15) is 16.7 Å². The van der Waals surface area contributed by atoms with E-state index in [4.69, 9.17) is 4.52 Å². The fourth-order valence-electron chi connectivity index (χ4n) is 2.17. The Hall–Kier alpha value is -0.550. The van der Waals surface area contributed by atoms with Gasteiger partial charge in [0.2, 0.25) is 5.89 Å². The van der Waals surface area contributed by atoms with Crippen LogP contribution in [0.5, 0.6) is 0 Å². The van der Waals surface area contributed by atoms with Crippen LogP contribution >= 0.6 is 11.8 Å². The second-order valence-corrected chi connectivity index (χ2v) is 6.41. The van der Waals surface area contributed by atoms with E-state index in [-0.39, 0.29) is 0 Å². The van der Waals surface area contributed by atoms with Gasteiger partial charge in [0, 0.05) is 6.04 Å². The minimum atomic E-state index is 0.649. The first kappa shape index (κ1) is 13.9. The maximum absolute atomic E-state index is 5.25. The zero-order valence-electron chi connectivity index (χ0n) is 11.3. The number of nitrogens with one attached hydrogen (secondary N) is 1. The van der Waals surface area contributed by atoms with Crippen molar-refractivity contribution in [2.24, 2.45) is 5.92 Å². The Morgan fingerprint density at radius 2 is 2.17 bits per heavy atom. The highest BCUT2D eigenvalue weighted by atomic mass is 32.2. The third-order valence-corrected chi connectivity index (χ3v) is 4.45. The summed E-state index contributed by atoms with van der Waals surface area (Å²) in [7, 11) is 0. The normalized spacial score (nSPS) is 16.8. The van der Waals surface area contributed by atoms with Crippen LogP contribution in [0.2, 0.25) is 0 Å². The van der Waals surface area contributed by atoms with Crippen molar-refractivity contribution in [1.82, 2.24) is 15.5 Å². The molecule has 1 aliphatic carbocycles. The van der Waals surface area contributed by atoms with Crippen LogP contribution in [0.1, 0.15) is 51.2 Å². The van der Waals surface area contributed by atoms with Gasteiger partial charge in [0.15, 0.2) is 5.82 Å². The molecule has 2 rings (SSSR count). The van der Waals surface area contributed by atoms with E-state index in [2.05, 4.69) is 29.3 Å². The number of aromatic nitrogens is 2. The minimum absolute atomic E-state index is 0.649. The average Bonchev–Trinajstić information content (AvgIpc) is 2.96. The molecule has 1 heterocycles. The molecule has 0 bridgehead atoms. The third-order valence-electron chi connectivity index (χ3n) is 3.09. The van der Waals surface area contributed by atoms with E-state index in [0.717, 1.165) is 23.2 Å². The molecule has 1 saturated carbocycles. The summed E-state index contributed by atoms with van der Waals surface area (Å²) in [5.74, 6) is 4.26. The quantitative estimate of drug-likeness (QED) is 0.824. The van der Waals surface area contributed by atoms with Crippen LogP contribution in [0.25, 0.3) is 0 Å². The highest BCUT2D eigenvalue weighted by Crippen LogP contribution is 2.18. The molecule has 0 spiro atoms. The van der Waals surface area contributed by atoms with Crippen LogP contribution in [0, 0.1) is 5.92 Å². The van der Waals surface area contributed by atoms with Gasteiger partial charge >= 0.3 is 0 Å². The van der Waals surface area contributed by atoms with E-state index in [1.807, 2.05) is 11.8 Å². The Balaban J connectivity index is 1.68. The van der Waals surface area contributed by atoms with E-state index in [9.17, 15) is 0 Å². The molecular weight excluding hydrogens is 246 g/mol. The largest absolute Gasteiger partial charge is 0.338 e. The summed E-state index contributed by atoms with van der Waals surface area (Å²) in [6.45, 7) is 5.16. The molecule has 1 N–H and O–H groups in total. The van der Waals surface area contributed by atoms with E-state index in [1.54, 1.807) is 0 Å². The van der Waals surface area contributed by atoms with E-state index in [0.29, 0.717) is 18.5 Å². The number of thioether (sulfide) groups is 1. The van der Waals surface area contributed by atoms with Crippen molar-refractivity contribution >= 4 is 11.8 Å². The van der Waals surface area contributed by atoms with Crippen molar-refractivity contribution in [3.63, 3.8) is 0 Å². The lowest BCUT2D eigenvalue weighted by atomic mass is 10.2. The Labute approximate surface area is 113 Å². The van der Waals surface area contributed by atoms with Crippen LogP contribution in [0.15, 0.2) is 4.52 Å². The predicted molar refractivity (Wildman–Crippen MR) is 74.4 cm³/mol. The number of nitrogens with zero attached hydrogens (tertiary/aromatic N) is 2. The van der Waals surface area contributed by atoms with Gasteiger partial charge in [-0.05, 0) is 24.5 Å². The molecular formula is C13H23N3OS. The van der Waals surface area contributed by atoms with Gasteiger partial charge in [0.25, 0.3) is 0 Å². The molecule has 0 aliphatic heterocycles. The molecule has 18 heavy (non-hydrogen) atoms. The SMILES string of the molecule is CC(C)CSCc1noc(CNC2CCCC2)n1. The smallest absolute Gasteiger partial charge is 0.240 e. The maximum Gasteiger partial charge on any atom is 0.240 e. The first-order valence-corrected chi connectivity index (χ1v) is 8.02. The van der Waals surface area contributed by atoms with Crippen LogP contribution in [-0.4, -0.2) is 21.9 Å². The predicted octanol–water partition coefficient (Wildman–Crippen LogP) is 2.99. The van der Waals surface area contributed by atoms with Crippen molar-refractivity contribution in [1.29, 1.82) is 0 Å². The van der Waals surface area contributed by atoms with Crippen LogP contribution in [-0.2, 0) is 12.3 Å². The molecule has 1 fully saturated rings. The molecule has 4 nitrogen and oxygen atoms in total. The molecule has 1 aliphatic rings. The third kappa shape index (κ3) is 4.61. The van der Waals surface area contributed by atoms with Crippen LogP contribution < -0.4 is 5.32 Å². The van der Waals surface area contributed by atoms with Crippen molar-refractivity contribution in [2.75, 3.05) is 5.75 Å². The summed E-state index contributed by atoms with van der Waals surface area (Å²) in [6, 6.07) is 0.649. The summed E-state index contributed by atoms with van der Waals surface area (Å²) in [6.07, 6.45) is 5.26. The maximum atomic E-state index is 5.25. The van der Waals surface area contributed by atoms with Crippen molar-refractivity contribution in [2.45, 2.75) is 57.9 Å². The van der Waals surface area contributed by atoms with Crippen molar-refractivity contribution < 1.29 is 4.52 Å². The standard InChI is InChI=1S/C13H23N3OS/c1-10(2)8-18-9-12-15-13(17-16-12)7-14-11-5-3-4-6-11/h10-11,14H,3-9H2,1-2H3. The lowest BCUT2D eigenvalue weighted by Gasteiger charge is -2.08. The summed E-state index contributed by atoms with van der Waals surface area (Å²) >= 11 is 1.87. The minimum Gasteiger partial charge on any atom is -0.338 e. The molecule has 0 aromatic carbocycles. The van der Waals surface area contributed by atoms with Crippen LogP contribution in [0.4, 0.5) is 0 Å². The summed E-state index contributed by atoms with van der Waals surface area (Å²) in [5.41, 5.74) is 0. The second-order valence-electron chi connectivity index (χ2n) is 5.38. The van der Waals surface area contributed by atoms with Crippen LogP contribution in [0.3, 0.4) is 0 Å². The number of hydrogen-bond acceptors (Lipinski definition) is 5. The van der Waals surface area contributed by atoms with Gasteiger partial charge in [-0.3, -0.25) is 0 Å². The van der Waals surface area contributed by atoms with Gasteiger partial charge < -0.3 is 9.84 Å². The van der Waals surface area contributed by atoms with Crippen molar-refractivity contribution in [3.05, 3.63) is 11.7 Å². The van der Waals surface area contributed by atoms with Crippen molar-refractivity contribution in [3.8, 4) is 0 Å². The summed E-state index contributed by atoms with van der Waals surface area (Å²) in [5, 5.41) is 7.49. The summed E-state index contributed by atoms with van der Waals surface area (Å²) < 4.78 is 5.25. The highest BCUT2D eigenvalue weighted by Gasteiger charge is 2.15. The van der Waals surface area contributed by atoms with E-state index >= 15 is 0 Å². The molecule has 5 heteroatoms. The molecule has 0 unspecified atom stereocenters. The monoisotopic (exact) mass is 269 g/mol. The Morgan fingerprint density at radius 3 is 2.89 bits per heavy atom. The molecule has 1 aromatic heterocycles. The highest BCUT2D eigenvalue weighted by molar-refractivity contribution is 7.98. The Bertz CT molecular complexity index is 348. The fourth-order valence-corrected chi connectivity index (χ4v) is 3.06. The number of hydrogen-bond donors (Lipinski definition) is 1. The van der Waals surface area contributed by atoms with Gasteiger partial charge in [0.05, 0.1) is 12.3 Å². The van der Waals surface area contributed by atoms with Gasteiger partial charge in [-0.25, -0.2) is 0 Å². The zero-order valence-corrected chi connectivity index (χ0v) is 12.1. The topological polar surface area (TPSA) is 51.0 Å². The lowest BCUT2D eigenvalue weighted by Crippen LogP contribution is -2.25. The lowest BCUT2D eigenvalue weighted by molar-refractivity contribution is 0.354. The molecule has 102 valence electrons. The molecule has 0 amide bonds. The molecule has 0 saturated heterocycles. The average molecular weight is 269 g/mol. The Morgan fingerprint density at radius 1 is 1.39 bits per heavy atom. The number of rotatable bonds is 7. The molecule has 0 radical (unpaired) electrons. The second kappa shape index (κ2) is 7.14. The zero-order chi connectivity index (χ0) is 12.8. The van der Waals surface area contributed by atoms with E-state index < -0.39 is 0 Å². The van der Waals surface area contributed by atoms with E-state index in [1.165, 1.54) is 25.7 Å². The summed E-state index contributed by atoms with van der Waals surface area (Å²) in [4.78, 5) is 4.41. The fraction of sp³-hybridized carbons (Fsp3) is 0.846.